The summed E-state index contributed by atoms with van der Waals surface area (Å²) in [5.41, 5.74) is 6.45. The number of hydrogen-bond donors (Lipinski definition) is 0. The first kappa shape index (κ1) is 25.5. The summed E-state index contributed by atoms with van der Waals surface area (Å²) in [5, 5.41) is 0. The zero-order chi connectivity index (χ0) is 21.0. The predicted octanol–water partition coefficient (Wildman–Crippen LogP) is 8.92. The molecule has 0 unspecified atom stereocenters. The molecular weight excluding hydrogens is 530 g/mol. The largest absolute Gasteiger partial charge is 0.358 e. The minimum Gasteiger partial charge on any atom is -0.358 e. The molecule has 0 atom stereocenters. The van der Waals surface area contributed by atoms with Crippen LogP contribution in [0.25, 0.3) is 0 Å². The normalized spacial score (nSPS) is 11.2. The monoisotopic (exact) mass is 568 g/mol. The molecule has 3 nitrogen and oxygen atoms in total. The molecule has 0 aliphatic rings. The Morgan fingerprint density at radius 2 is 0.828 bits per heavy atom. The van der Waals surface area contributed by atoms with Crippen molar-refractivity contribution >= 4 is 11.4 Å². The summed E-state index contributed by atoms with van der Waals surface area (Å²) >= 11 is -3.45. The van der Waals surface area contributed by atoms with Gasteiger partial charge >= 0.3 is 176 Å². The van der Waals surface area contributed by atoms with Gasteiger partial charge in [0.2, 0.25) is 0 Å². The molecule has 0 saturated heterocycles. The zero-order valence-electron chi connectivity index (χ0n) is 19.5. The summed E-state index contributed by atoms with van der Waals surface area (Å²) in [7, 11) is 0. The van der Waals surface area contributed by atoms with E-state index in [-0.39, 0.29) is 7.43 Å². The van der Waals surface area contributed by atoms with Crippen molar-refractivity contribution in [2.24, 2.45) is 7.14 Å². The Bertz CT molecular complexity index is 842. The van der Waals surface area contributed by atoms with Gasteiger partial charge in [-0.05, 0) is 0 Å². The third-order valence-corrected chi connectivity index (χ3v) is 7.25. The Morgan fingerprint density at radius 1 is 0.586 bits per heavy atom. The second-order valence-corrected chi connectivity index (χ2v) is 11.3. The quantitative estimate of drug-likeness (QED) is 0.321. The van der Waals surface area contributed by atoms with E-state index in [2.05, 4.69) is 91.8 Å². The van der Waals surface area contributed by atoms with E-state index in [0.717, 1.165) is 33.6 Å². The van der Waals surface area contributed by atoms with E-state index in [0.29, 0.717) is 23.7 Å². The molecule has 2 aromatic rings. The number of benzene rings is 2. The van der Waals surface area contributed by atoms with Gasteiger partial charge in [0.1, 0.15) is 0 Å². The maximum absolute atomic E-state index is 13.2. The molecule has 0 aliphatic heterocycles. The van der Waals surface area contributed by atoms with Gasteiger partial charge in [0.25, 0.3) is 0 Å². The van der Waals surface area contributed by atoms with Gasteiger partial charge in [-0.15, -0.1) is 0 Å². The summed E-state index contributed by atoms with van der Waals surface area (Å²) in [5.74, 6) is 1.34. The van der Waals surface area contributed by atoms with Gasteiger partial charge in [0.15, 0.2) is 0 Å². The maximum atomic E-state index is 13.2. The standard InChI is InChI=1S/2C12H17N.CH3.O.Re/c2*1-8(2)10-6-5-7-11(9(3)4)12(10)13;;;/h2*5-9H,1-4H3;1H3;;/q;;-1;;. The van der Waals surface area contributed by atoms with Gasteiger partial charge in [-0.25, -0.2) is 0 Å². The summed E-state index contributed by atoms with van der Waals surface area (Å²) in [6.45, 7) is 17.3. The Labute approximate surface area is 183 Å². The third-order valence-electron chi connectivity index (χ3n) is 5.00. The van der Waals surface area contributed by atoms with Crippen molar-refractivity contribution in [1.82, 2.24) is 0 Å². The molecule has 2 aromatic carbocycles. The SMILES string of the molecule is CC(C)c1cccc(C(C)C)c1[N]=[Re](=[O])=[N]c1c(C(C)C)cccc1C(C)C.[CH3-]. The molecule has 2 rings (SSSR count). The second-order valence-electron chi connectivity index (χ2n) is 8.57. The molecule has 0 fully saturated rings. The molecule has 0 amide bonds. The molecule has 0 aliphatic carbocycles. The van der Waals surface area contributed by atoms with Gasteiger partial charge < -0.3 is 7.43 Å². The number of nitrogens with zero attached hydrogens (tertiary/aromatic N) is 2. The molecule has 4 heteroatoms. The summed E-state index contributed by atoms with van der Waals surface area (Å²) in [6.07, 6.45) is 0. The fourth-order valence-corrected chi connectivity index (χ4v) is 5.96. The molecule has 0 aromatic heterocycles. The smallest absolute Gasteiger partial charge is 0.358 e. The first-order valence-corrected chi connectivity index (χ1v) is 13.7. The minimum atomic E-state index is -3.45. The van der Waals surface area contributed by atoms with Crippen molar-refractivity contribution < 1.29 is 19.8 Å². The molecular formula is C25H37N2ORe-. The fourth-order valence-electron chi connectivity index (χ4n) is 3.38. The van der Waals surface area contributed by atoms with Crippen molar-refractivity contribution in [3.05, 3.63) is 66.1 Å². The van der Waals surface area contributed by atoms with Gasteiger partial charge in [0.05, 0.1) is 0 Å². The van der Waals surface area contributed by atoms with Crippen LogP contribution in [0.5, 0.6) is 0 Å². The van der Waals surface area contributed by atoms with E-state index >= 15 is 0 Å². The van der Waals surface area contributed by atoms with Gasteiger partial charge in [-0.1, -0.05) is 0 Å². The van der Waals surface area contributed by atoms with E-state index in [4.69, 9.17) is 7.14 Å². The van der Waals surface area contributed by atoms with Crippen LogP contribution in [0.1, 0.15) is 101 Å². The first-order valence-electron chi connectivity index (χ1n) is 10.2. The van der Waals surface area contributed by atoms with Crippen LogP contribution < -0.4 is 0 Å². The zero-order valence-corrected chi connectivity index (χ0v) is 22.2. The van der Waals surface area contributed by atoms with Crippen molar-refractivity contribution in [1.29, 1.82) is 0 Å². The van der Waals surface area contributed by atoms with Crippen molar-refractivity contribution in [3.63, 3.8) is 0 Å². The molecule has 0 saturated carbocycles. The van der Waals surface area contributed by atoms with Crippen LogP contribution >= 0.6 is 0 Å². The van der Waals surface area contributed by atoms with Crippen LogP contribution in [0.2, 0.25) is 0 Å². The predicted molar refractivity (Wildman–Crippen MR) is 121 cm³/mol. The van der Waals surface area contributed by atoms with Gasteiger partial charge in [-0.2, -0.15) is 0 Å². The molecule has 0 radical (unpaired) electrons. The molecule has 0 heterocycles. The summed E-state index contributed by atoms with van der Waals surface area (Å²) in [4.78, 5) is 0. The van der Waals surface area contributed by atoms with Crippen LogP contribution in [0.15, 0.2) is 43.5 Å². The number of rotatable bonds is 6. The van der Waals surface area contributed by atoms with E-state index in [1.54, 1.807) is 0 Å². The van der Waals surface area contributed by atoms with Crippen LogP contribution in [0.4, 0.5) is 11.4 Å². The van der Waals surface area contributed by atoms with Gasteiger partial charge in [-0.3, -0.25) is 0 Å². The van der Waals surface area contributed by atoms with Crippen LogP contribution in [0.3, 0.4) is 0 Å². The average Bonchev–Trinajstić information content (AvgIpc) is 2.61. The summed E-state index contributed by atoms with van der Waals surface area (Å²) < 4.78 is 22.7. The van der Waals surface area contributed by atoms with E-state index in [1.807, 2.05) is 0 Å². The van der Waals surface area contributed by atoms with Crippen LogP contribution in [0, 0.1) is 7.43 Å². The van der Waals surface area contributed by atoms with E-state index < -0.39 is 16.3 Å². The maximum Gasteiger partial charge on any atom is -0.358 e. The minimum absolute atomic E-state index is 0. The van der Waals surface area contributed by atoms with Crippen molar-refractivity contribution in [2.45, 2.75) is 79.1 Å². The summed E-state index contributed by atoms with van der Waals surface area (Å²) in [6, 6.07) is 12.6. The van der Waals surface area contributed by atoms with Crippen molar-refractivity contribution in [3.8, 4) is 0 Å². The van der Waals surface area contributed by atoms with E-state index in [9.17, 15) is 3.47 Å². The molecule has 0 N–H and O–H groups in total. The number of hydrogen-bond acceptors (Lipinski definition) is 3. The molecule has 29 heavy (non-hydrogen) atoms. The Hall–Kier alpha value is -1.50. The third kappa shape index (κ3) is 6.24. The fraction of sp³-hybridized carbons (Fsp3) is 0.480. The van der Waals surface area contributed by atoms with Crippen LogP contribution in [-0.4, -0.2) is 0 Å². The van der Waals surface area contributed by atoms with Crippen LogP contribution in [-0.2, 0) is 19.8 Å². The van der Waals surface area contributed by atoms with E-state index in [1.165, 1.54) is 0 Å². The van der Waals surface area contributed by atoms with Crippen molar-refractivity contribution in [2.75, 3.05) is 0 Å². The first-order chi connectivity index (χ1) is 13.1. The average molecular weight is 568 g/mol. The molecule has 0 bridgehead atoms. The Morgan fingerprint density at radius 3 is 1.03 bits per heavy atom. The molecule has 161 valence electrons. The van der Waals surface area contributed by atoms with Gasteiger partial charge in [0, 0.05) is 0 Å². The second kappa shape index (κ2) is 11.0. The molecule has 0 spiro atoms. The Balaban J connectivity index is 0.00000420. The Kier molecular flexibility index (Phi) is 9.73. The topological polar surface area (TPSA) is 41.8 Å².